The van der Waals surface area contributed by atoms with Gasteiger partial charge >= 0.3 is 0 Å². The molecule has 11 heteroatoms. The van der Waals surface area contributed by atoms with Crippen LogP contribution in [0.25, 0.3) is 0 Å². The minimum atomic E-state index is -3.87. The van der Waals surface area contributed by atoms with Crippen LogP contribution < -0.4 is 23.8 Å². The van der Waals surface area contributed by atoms with Gasteiger partial charge in [0.15, 0.2) is 11.5 Å². The standard InChI is InChI=1S/C26H37N3O7S/c1-8-22(26(31)27-18(2)3)28(16-19-9-12-21(34-4)13-10-19)25(30)17-29(37(7,32)33)20-11-14-23(35-5)24(15-20)36-6/h9-15,18,22H,8,16-17H2,1-7H3,(H,27,31)/t22-/m0/s1. The smallest absolute Gasteiger partial charge is 0.244 e. The highest BCUT2D eigenvalue weighted by Gasteiger charge is 2.32. The van der Waals surface area contributed by atoms with Crippen molar-refractivity contribution in [2.45, 2.75) is 45.8 Å². The molecule has 0 saturated heterocycles. The molecule has 10 nitrogen and oxygen atoms in total. The van der Waals surface area contributed by atoms with Crippen LogP contribution in [-0.2, 0) is 26.2 Å². The summed E-state index contributed by atoms with van der Waals surface area (Å²) in [5.41, 5.74) is 1.000. The van der Waals surface area contributed by atoms with Crippen LogP contribution in [0.15, 0.2) is 42.5 Å². The number of carbonyl (C=O) groups is 2. The Kier molecular flexibility index (Phi) is 10.6. The molecule has 2 aromatic rings. The minimum Gasteiger partial charge on any atom is -0.497 e. The molecule has 0 spiro atoms. The van der Waals surface area contributed by atoms with Crippen molar-refractivity contribution in [1.29, 1.82) is 0 Å². The quantitative estimate of drug-likeness (QED) is 0.419. The van der Waals surface area contributed by atoms with Gasteiger partial charge in [-0.3, -0.25) is 13.9 Å². The summed E-state index contributed by atoms with van der Waals surface area (Å²) < 4.78 is 42.3. The van der Waals surface area contributed by atoms with Crippen molar-refractivity contribution in [3.63, 3.8) is 0 Å². The fourth-order valence-corrected chi connectivity index (χ4v) is 4.66. The van der Waals surface area contributed by atoms with Crippen LogP contribution in [0.3, 0.4) is 0 Å². The van der Waals surface area contributed by atoms with E-state index < -0.39 is 28.5 Å². The Labute approximate surface area is 219 Å². The Balaban J connectivity index is 2.48. The van der Waals surface area contributed by atoms with Crippen LogP contribution in [0.2, 0.25) is 0 Å². The number of nitrogens with one attached hydrogen (secondary N) is 1. The molecule has 1 atom stereocenters. The number of benzene rings is 2. The van der Waals surface area contributed by atoms with Gasteiger partial charge in [0.05, 0.1) is 33.3 Å². The molecule has 0 fully saturated rings. The molecule has 0 aliphatic rings. The van der Waals surface area contributed by atoms with Gasteiger partial charge in [0, 0.05) is 18.7 Å². The van der Waals surface area contributed by atoms with E-state index in [9.17, 15) is 18.0 Å². The molecule has 0 aromatic heterocycles. The molecule has 37 heavy (non-hydrogen) atoms. The lowest BCUT2D eigenvalue weighted by molar-refractivity contribution is -0.140. The van der Waals surface area contributed by atoms with Gasteiger partial charge in [0.1, 0.15) is 18.3 Å². The van der Waals surface area contributed by atoms with Gasteiger partial charge < -0.3 is 24.4 Å². The zero-order valence-corrected chi connectivity index (χ0v) is 23.3. The number of methoxy groups -OCH3 is 3. The minimum absolute atomic E-state index is 0.108. The second-order valence-electron chi connectivity index (χ2n) is 8.77. The topological polar surface area (TPSA) is 114 Å². The van der Waals surface area contributed by atoms with E-state index in [1.165, 1.54) is 31.3 Å². The highest BCUT2D eigenvalue weighted by molar-refractivity contribution is 7.92. The second-order valence-corrected chi connectivity index (χ2v) is 10.7. The molecule has 0 saturated carbocycles. The molecule has 2 rings (SSSR count). The van der Waals surface area contributed by atoms with Gasteiger partial charge in [0.2, 0.25) is 21.8 Å². The maximum atomic E-state index is 13.7. The van der Waals surface area contributed by atoms with Crippen molar-refractivity contribution in [3.05, 3.63) is 48.0 Å². The fraction of sp³-hybridized carbons (Fsp3) is 0.462. The van der Waals surface area contributed by atoms with Crippen molar-refractivity contribution in [2.24, 2.45) is 0 Å². The van der Waals surface area contributed by atoms with Crippen LogP contribution >= 0.6 is 0 Å². The predicted molar refractivity (Wildman–Crippen MR) is 143 cm³/mol. The second kappa shape index (κ2) is 13.2. The Bertz CT molecular complexity index is 1170. The fourth-order valence-electron chi connectivity index (χ4n) is 3.82. The highest BCUT2D eigenvalue weighted by Crippen LogP contribution is 2.32. The largest absolute Gasteiger partial charge is 0.497 e. The van der Waals surface area contributed by atoms with E-state index in [1.807, 2.05) is 20.8 Å². The number of sulfonamides is 1. The Morgan fingerprint density at radius 1 is 0.946 bits per heavy atom. The highest BCUT2D eigenvalue weighted by atomic mass is 32.2. The molecule has 0 heterocycles. The molecule has 204 valence electrons. The van der Waals surface area contributed by atoms with Crippen LogP contribution in [0.4, 0.5) is 5.69 Å². The molecule has 1 N–H and O–H groups in total. The van der Waals surface area contributed by atoms with E-state index >= 15 is 0 Å². The van der Waals surface area contributed by atoms with Crippen molar-refractivity contribution >= 4 is 27.5 Å². The summed E-state index contributed by atoms with van der Waals surface area (Å²) in [5.74, 6) is 0.559. The van der Waals surface area contributed by atoms with Crippen LogP contribution in [0.1, 0.15) is 32.8 Å². The van der Waals surface area contributed by atoms with E-state index in [2.05, 4.69) is 5.32 Å². The number of rotatable bonds is 13. The molecule has 0 radical (unpaired) electrons. The normalized spacial score (nSPS) is 12.0. The molecular formula is C26H37N3O7S. The van der Waals surface area contributed by atoms with Gasteiger partial charge in [-0.1, -0.05) is 19.1 Å². The van der Waals surface area contributed by atoms with Gasteiger partial charge in [-0.25, -0.2) is 8.42 Å². The third kappa shape index (κ3) is 8.01. The third-order valence-corrected chi connectivity index (χ3v) is 6.80. The van der Waals surface area contributed by atoms with Crippen LogP contribution in [-0.4, -0.2) is 71.3 Å². The number of amides is 2. The van der Waals surface area contributed by atoms with E-state index in [-0.39, 0.29) is 24.2 Å². The van der Waals surface area contributed by atoms with E-state index in [1.54, 1.807) is 37.4 Å². The van der Waals surface area contributed by atoms with Crippen molar-refractivity contribution in [3.8, 4) is 17.2 Å². The summed E-state index contributed by atoms with van der Waals surface area (Å²) in [5, 5.41) is 2.86. The summed E-state index contributed by atoms with van der Waals surface area (Å²) >= 11 is 0. The summed E-state index contributed by atoms with van der Waals surface area (Å²) in [6.45, 7) is 5.08. The van der Waals surface area contributed by atoms with E-state index in [4.69, 9.17) is 14.2 Å². The van der Waals surface area contributed by atoms with Gasteiger partial charge in [-0.2, -0.15) is 0 Å². The zero-order valence-electron chi connectivity index (χ0n) is 22.5. The van der Waals surface area contributed by atoms with Crippen molar-refractivity contribution < 1.29 is 32.2 Å². The molecule has 0 bridgehead atoms. The lowest BCUT2D eigenvalue weighted by atomic mass is 10.1. The Hall–Kier alpha value is -3.47. The zero-order chi connectivity index (χ0) is 27.8. The number of hydrogen-bond acceptors (Lipinski definition) is 7. The molecular weight excluding hydrogens is 498 g/mol. The molecule has 2 amide bonds. The lowest BCUT2D eigenvalue weighted by Gasteiger charge is -2.33. The molecule has 0 aliphatic heterocycles. The first-order valence-electron chi connectivity index (χ1n) is 11.9. The predicted octanol–water partition coefficient (Wildman–Crippen LogP) is 2.81. The van der Waals surface area contributed by atoms with Gasteiger partial charge in [0.25, 0.3) is 0 Å². The lowest BCUT2D eigenvalue weighted by Crippen LogP contribution is -2.53. The maximum Gasteiger partial charge on any atom is 0.244 e. The van der Waals surface area contributed by atoms with Crippen molar-refractivity contribution in [2.75, 3.05) is 38.4 Å². The molecule has 2 aromatic carbocycles. The first-order valence-corrected chi connectivity index (χ1v) is 13.7. The van der Waals surface area contributed by atoms with Crippen molar-refractivity contribution in [1.82, 2.24) is 10.2 Å². The van der Waals surface area contributed by atoms with E-state index in [0.717, 1.165) is 16.1 Å². The first kappa shape index (κ1) is 29.8. The van der Waals surface area contributed by atoms with Gasteiger partial charge in [-0.15, -0.1) is 0 Å². The summed E-state index contributed by atoms with van der Waals surface area (Å²) in [7, 11) is 0.595. The number of carbonyl (C=O) groups excluding carboxylic acids is 2. The summed E-state index contributed by atoms with van der Waals surface area (Å²) in [6, 6.07) is 10.8. The Morgan fingerprint density at radius 3 is 2.05 bits per heavy atom. The number of nitrogens with zero attached hydrogens (tertiary/aromatic N) is 2. The number of ether oxygens (including phenoxy) is 3. The number of anilines is 1. The van der Waals surface area contributed by atoms with Crippen LogP contribution in [0.5, 0.6) is 17.2 Å². The summed E-state index contributed by atoms with van der Waals surface area (Å²) in [6.07, 6.45) is 1.36. The SMILES string of the molecule is CC[C@@H](C(=O)NC(C)C)N(Cc1ccc(OC)cc1)C(=O)CN(c1ccc(OC)c(OC)c1)S(C)(=O)=O. The average molecular weight is 536 g/mol. The third-order valence-electron chi connectivity index (χ3n) is 5.66. The molecule has 0 aliphatic carbocycles. The average Bonchev–Trinajstić information content (AvgIpc) is 2.85. The Morgan fingerprint density at radius 2 is 1.57 bits per heavy atom. The monoisotopic (exact) mass is 535 g/mol. The van der Waals surface area contributed by atoms with Crippen LogP contribution in [0, 0.1) is 0 Å². The van der Waals surface area contributed by atoms with Gasteiger partial charge in [-0.05, 0) is 50.1 Å². The first-order chi connectivity index (χ1) is 17.4. The van der Waals surface area contributed by atoms with E-state index in [0.29, 0.717) is 23.7 Å². The number of hydrogen-bond donors (Lipinski definition) is 1. The maximum absolute atomic E-state index is 13.7. The summed E-state index contributed by atoms with van der Waals surface area (Å²) in [4.78, 5) is 28.2. The molecule has 0 unspecified atom stereocenters.